The van der Waals surface area contributed by atoms with Crippen LogP contribution in [0.4, 0.5) is 4.39 Å². The fraction of sp³-hybridized carbons (Fsp3) is 0.190. The number of nitrogens with zero attached hydrogens (tertiary/aromatic N) is 1. The summed E-state index contributed by atoms with van der Waals surface area (Å²) in [6.45, 7) is 0.838. The highest BCUT2D eigenvalue weighted by Gasteiger charge is 2.11. The average molecular weight is 337 g/mol. The molecule has 0 N–H and O–H groups in total. The average Bonchev–Trinajstić information content (AvgIpc) is 2.63. The largest absolute Gasteiger partial charge is 0.492 e. The third kappa shape index (κ3) is 4.35. The van der Waals surface area contributed by atoms with E-state index in [4.69, 9.17) is 4.74 Å². The highest BCUT2D eigenvalue weighted by molar-refractivity contribution is 5.90. The number of ether oxygens (including phenoxy) is 1. The first-order valence-corrected chi connectivity index (χ1v) is 8.22. The van der Waals surface area contributed by atoms with Crippen LogP contribution in [0, 0.1) is 5.82 Å². The summed E-state index contributed by atoms with van der Waals surface area (Å²) < 4.78 is 18.4. The Morgan fingerprint density at radius 2 is 1.72 bits per heavy atom. The van der Waals surface area contributed by atoms with Gasteiger partial charge in [0.1, 0.15) is 18.2 Å². The van der Waals surface area contributed by atoms with Crippen LogP contribution < -0.4 is 4.74 Å². The Hall–Kier alpha value is -2.88. The van der Waals surface area contributed by atoms with Crippen molar-refractivity contribution in [3.05, 3.63) is 78.1 Å². The Balaban J connectivity index is 1.56. The number of fused-ring (bicyclic) bond motifs is 1. The summed E-state index contributed by atoms with van der Waals surface area (Å²) in [6.07, 6.45) is 0.356. The number of rotatable bonds is 6. The summed E-state index contributed by atoms with van der Waals surface area (Å²) in [6, 6.07) is 19.9. The Morgan fingerprint density at radius 1 is 1.00 bits per heavy atom. The predicted molar refractivity (Wildman–Crippen MR) is 97.2 cm³/mol. The molecule has 0 spiro atoms. The minimum atomic E-state index is -0.297. The molecule has 3 aromatic carbocycles. The maximum absolute atomic E-state index is 12.9. The summed E-state index contributed by atoms with van der Waals surface area (Å²) in [5, 5.41) is 2.24. The molecule has 0 saturated heterocycles. The molecule has 4 heteroatoms. The molecule has 0 radical (unpaired) electrons. The number of benzene rings is 3. The standard InChI is InChI=1S/C21H20FNO2/c1-23(13-14-25-19-11-9-18(22)10-12-19)21(24)15-17-7-4-6-16-5-2-3-8-20(16)17/h2-12H,13-15H2,1H3. The number of amides is 1. The number of likely N-dealkylation sites (N-methyl/N-ethyl adjacent to an activating group) is 1. The third-order valence-corrected chi connectivity index (χ3v) is 4.16. The highest BCUT2D eigenvalue weighted by atomic mass is 19.1. The predicted octanol–water partition coefficient (Wildman–Crippen LogP) is 4.06. The molecule has 0 aliphatic heterocycles. The van der Waals surface area contributed by atoms with Crippen LogP contribution in [0.3, 0.4) is 0 Å². The molecule has 0 saturated carbocycles. The topological polar surface area (TPSA) is 29.5 Å². The maximum atomic E-state index is 12.9. The fourth-order valence-corrected chi connectivity index (χ4v) is 2.70. The SMILES string of the molecule is CN(CCOc1ccc(F)cc1)C(=O)Cc1cccc2ccccc12. The lowest BCUT2D eigenvalue weighted by Crippen LogP contribution is -2.32. The van der Waals surface area contributed by atoms with Gasteiger partial charge in [-0.2, -0.15) is 0 Å². The molecule has 3 rings (SSSR count). The van der Waals surface area contributed by atoms with Crippen LogP contribution in [0.25, 0.3) is 10.8 Å². The molecule has 0 aromatic heterocycles. The third-order valence-electron chi connectivity index (χ3n) is 4.16. The molecule has 3 aromatic rings. The van der Waals surface area contributed by atoms with Crippen LogP contribution in [-0.4, -0.2) is 31.0 Å². The second-order valence-corrected chi connectivity index (χ2v) is 5.93. The van der Waals surface area contributed by atoms with Crippen molar-refractivity contribution in [2.24, 2.45) is 0 Å². The van der Waals surface area contributed by atoms with Gasteiger partial charge < -0.3 is 9.64 Å². The first-order chi connectivity index (χ1) is 12.1. The smallest absolute Gasteiger partial charge is 0.226 e. The lowest BCUT2D eigenvalue weighted by Gasteiger charge is -2.18. The summed E-state index contributed by atoms with van der Waals surface area (Å²) in [7, 11) is 1.77. The Labute approximate surface area is 146 Å². The van der Waals surface area contributed by atoms with Crippen molar-refractivity contribution < 1.29 is 13.9 Å². The van der Waals surface area contributed by atoms with Crippen molar-refractivity contribution in [1.82, 2.24) is 4.90 Å². The Bertz CT molecular complexity index is 856. The normalized spacial score (nSPS) is 10.6. The fourth-order valence-electron chi connectivity index (χ4n) is 2.70. The van der Waals surface area contributed by atoms with E-state index in [-0.39, 0.29) is 11.7 Å². The summed E-state index contributed by atoms with van der Waals surface area (Å²) >= 11 is 0. The van der Waals surface area contributed by atoms with Crippen LogP contribution in [-0.2, 0) is 11.2 Å². The Kier molecular flexibility index (Phi) is 5.29. The van der Waals surface area contributed by atoms with E-state index in [2.05, 4.69) is 0 Å². The molecule has 0 fully saturated rings. The van der Waals surface area contributed by atoms with E-state index in [9.17, 15) is 9.18 Å². The summed E-state index contributed by atoms with van der Waals surface area (Å²) in [5.74, 6) is 0.338. The molecule has 1 amide bonds. The van der Waals surface area contributed by atoms with E-state index in [1.807, 2.05) is 42.5 Å². The number of hydrogen-bond acceptors (Lipinski definition) is 2. The maximum Gasteiger partial charge on any atom is 0.226 e. The van der Waals surface area contributed by atoms with Crippen LogP contribution in [0.15, 0.2) is 66.7 Å². The second-order valence-electron chi connectivity index (χ2n) is 5.93. The molecule has 0 heterocycles. The van der Waals surface area contributed by atoms with Gasteiger partial charge in [0.25, 0.3) is 0 Å². The first-order valence-electron chi connectivity index (χ1n) is 8.22. The van der Waals surface area contributed by atoms with E-state index in [1.54, 1.807) is 24.1 Å². The van der Waals surface area contributed by atoms with E-state index >= 15 is 0 Å². The monoisotopic (exact) mass is 337 g/mol. The molecule has 0 aliphatic carbocycles. The molecule has 0 aliphatic rings. The minimum Gasteiger partial charge on any atom is -0.492 e. The van der Waals surface area contributed by atoms with Crippen molar-refractivity contribution in [2.75, 3.05) is 20.2 Å². The minimum absolute atomic E-state index is 0.0408. The van der Waals surface area contributed by atoms with Crippen molar-refractivity contribution in [3.63, 3.8) is 0 Å². The number of halogens is 1. The number of carbonyl (C=O) groups is 1. The van der Waals surface area contributed by atoms with Crippen LogP contribution in [0.1, 0.15) is 5.56 Å². The van der Waals surface area contributed by atoms with Gasteiger partial charge in [0.15, 0.2) is 0 Å². The molecule has 128 valence electrons. The lowest BCUT2D eigenvalue weighted by molar-refractivity contribution is -0.129. The van der Waals surface area contributed by atoms with Gasteiger partial charge in [0, 0.05) is 7.05 Å². The quantitative estimate of drug-likeness (QED) is 0.679. The van der Waals surface area contributed by atoms with Gasteiger partial charge in [-0.05, 0) is 40.6 Å². The summed E-state index contributed by atoms with van der Waals surface area (Å²) in [4.78, 5) is 14.1. The zero-order chi connectivity index (χ0) is 17.6. The van der Waals surface area contributed by atoms with Crippen molar-refractivity contribution in [3.8, 4) is 5.75 Å². The lowest BCUT2D eigenvalue weighted by atomic mass is 10.0. The van der Waals surface area contributed by atoms with Gasteiger partial charge in [-0.3, -0.25) is 4.79 Å². The van der Waals surface area contributed by atoms with Gasteiger partial charge in [-0.25, -0.2) is 4.39 Å². The van der Waals surface area contributed by atoms with E-state index < -0.39 is 0 Å². The molecule has 0 bridgehead atoms. The van der Waals surface area contributed by atoms with Crippen LogP contribution in [0.5, 0.6) is 5.75 Å². The molecule has 0 unspecified atom stereocenters. The highest BCUT2D eigenvalue weighted by Crippen LogP contribution is 2.19. The van der Waals surface area contributed by atoms with Gasteiger partial charge >= 0.3 is 0 Å². The van der Waals surface area contributed by atoms with Gasteiger partial charge in [0.05, 0.1) is 13.0 Å². The van der Waals surface area contributed by atoms with E-state index in [0.29, 0.717) is 25.3 Å². The van der Waals surface area contributed by atoms with Crippen molar-refractivity contribution >= 4 is 16.7 Å². The molecular formula is C21H20FNO2. The van der Waals surface area contributed by atoms with Crippen molar-refractivity contribution in [1.29, 1.82) is 0 Å². The molecule has 3 nitrogen and oxygen atoms in total. The number of carbonyl (C=O) groups excluding carboxylic acids is 1. The zero-order valence-corrected chi connectivity index (χ0v) is 14.1. The number of hydrogen-bond donors (Lipinski definition) is 0. The van der Waals surface area contributed by atoms with E-state index in [0.717, 1.165) is 16.3 Å². The summed E-state index contributed by atoms with van der Waals surface area (Å²) in [5.41, 5.74) is 1.02. The van der Waals surface area contributed by atoms with Crippen LogP contribution >= 0.6 is 0 Å². The second kappa shape index (κ2) is 7.79. The van der Waals surface area contributed by atoms with Gasteiger partial charge in [-0.1, -0.05) is 42.5 Å². The van der Waals surface area contributed by atoms with Gasteiger partial charge in [-0.15, -0.1) is 0 Å². The van der Waals surface area contributed by atoms with E-state index in [1.165, 1.54) is 12.1 Å². The molecular weight excluding hydrogens is 317 g/mol. The molecule has 25 heavy (non-hydrogen) atoms. The van der Waals surface area contributed by atoms with Gasteiger partial charge in [0.2, 0.25) is 5.91 Å². The van der Waals surface area contributed by atoms with Crippen LogP contribution in [0.2, 0.25) is 0 Å². The molecule has 0 atom stereocenters. The zero-order valence-electron chi connectivity index (χ0n) is 14.1. The first kappa shape index (κ1) is 17.0. The Morgan fingerprint density at radius 3 is 2.52 bits per heavy atom. The van der Waals surface area contributed by atoms with Crippen molar-refractivity contribution in [2.45, 2.75) is 6.42 Å².